The van der Waals surface area contributed by atoms with Gasteiger partial charge in [0.1, 0.15) is 13.2 Å². The van der Waals surface area contributed by atoms with Crippen molar-refractivity contribution >= 4 is 13.7 Å². The van der Waals surface area contributed by atoms with Gasteiger partial charge in [-0.05, 0) is 51.4 Å². The van der Waals surface area contributed by atoms with Crippen LogP contribution in [0.5, 0.6) is 0 Å². The number of phosphoric ester groups is 1. The van der Waals surface area contributed by atoms with Crippen molar-refractivity contribution in [2.75, 3.05) is 40.9 Å². The number of allylic oxidation sites excluding steroid dienone is 6. The first-order chi connectivity index (χ1) is 30.0. The number of nitrogens with one attached hydrogen (secondary N) is 1. The lowest BCUT2D eigenvalue weighted by molar-refractivity contribution is -0.870. The number of carbonyl (C=O) groups is 1. The van der Waals surface area contributed by atoms with Crippen LogP contribution in [0.1, 0.15) is 245 Å². The second kappa shape index (κ2) is 44.9. The Bertz CT molecular complexity index is 1110. The Kier molecular flexibility index (Phi) is 44.0. The van der Waals surface area contributed by atoms with E-state index >= 15 is 0 Å². The average Bonchev–Trinajstić information content (AvgIpc) is 3.23. The van der Waals surface area contributed by atoms with Crippen LogP contribution in [0.25, 0.3) is 0 Å². The Hall–Kier alpha value is -1.28. The second-order valence-electron chi connectivity index (χ2n) is 19.2. The van der Waals surface area contributed by atoms with E-state index in [1.54, 1.807) is 0 Å². The molecule has 8 nitrogen and oxygen atoms in total. The molecule has 0 aliphatic heterocycles. The van der Waals surface area contributed by atoms with Gasteiger partial charge in [-0.15, -0.1) is 0 Å². The first kappa shape index (κ1) is 60.7. The molecular formula is C53H103N2O6P. The van der Waals surface area contributed by atoms with Crippen LogP contribution in [0.4, 0.5) is 0 Å². The number of phosphoric acid groups is 1. The van der Waals surface area contributed by atoms with Crippen molar-refractivity contribution in [3.8, 4) is 0 Å². The predicted octanol–water partition coefficient (Wildman–Crippen LogP) is 14.8. The van der Waals surface area contributed by atoms with Gasteiger partial charge in [0.2, 0.25) is 5.91 Å². The third kappa shape index (κ3) is 46.7. The summed E-state index contributed by atoms with van der Waals surface area (Å²) in [4.78, 5) is 25.0. The largest absolute Gasteiger partial charge is 0.756 e. The molecule has 3 atom stereocenters. The number of aliphatic hydroxyl groups excluding tert-OH is 1. The zero-order chi connectivity index (χ0) is 45.7. The molecule has 62 heavy (non-hydrogen) atoms. The molecule has 0 heterocycles. The van der Waals surface area contributed by atoms with E-state index in [1.807, 2.05) is 21.1 Å². The number of aliphatic hydroxyl groups is 1. The van der Waals surface area contributed by atoms with Gasteiger partial charge in [-0.25, -0.2) is 0 Å². The highest BCUT2D eigenvalue weighted by Gasteiger charge is 2.24. The number of nitrogens with zero attached hydrogens (tertiary/aromatic N) is 1. The number of likely N-dealkylation sites (N-methyl/N-ethyl adjacent to an activating group) is 1. The first-order valence-electron chi connectivity index (χ1n) is 26.3. The molecule has 3 unspecified atom stereocenters. The number of hydrogen-bond donors (Lipinski definition) is 2. The minimum Gasteiger partial charge on any atom is -0.756 e. The minimum absolute atomic E-state index is 0.0117. The summed E-state index contributed by atoms with van der Waals surface area (Å²) in [6, 6.07) is -0.793. The molecule has 0 radical (unpaired) electrons. The Morgan fingerprint density at radius 1 is 0.565 bits per heavy atom. The summed E-state index contributed by atoms with van der Waals surface area (Å²) >= 11 is 0. The van der Waals surface area contributed by atoms with Gasteiger partial charge in [0.25, 0.3) is 7.82 Å². The van der Waals surface area contributed by atoms with E-state index in [0.29, 0.717) is 23.9 Å². The van der Waals surface area contributed by atoms with Crippen LogP contribution in [-0.4, -0.2) is 68.5 Å². The third-order valence-corrected chi connectivity index (χ3v) is 12.8. The summed E-state index contributed by atoms with van der Waals surface area (Å²) in [6.07, 6.45) is 57.2. The Balaban J connectivity index is 3.64. The molecule has 0 aromatic carbocycles. The fraction of sp³-hybridized carbons (Fsp3) is 0.868. The summed E-state index contributed by atoms with van der Waals surface area (Å²) in [5.74, 6) is -0.174. The van der Waals surface area contributed by atoms with Gasteiger partial charge in [0.05, 0.1) is 39.9 Å². The van der Waals surface area contributed by atoms with Gasteiger partial charge in [0, 0.05) is 6.42 Å². The number of carbonyl (C=O) groups excluding carboxylic acids is 1. The SMILES string of the molecule is CCCCCCC/C=C\C/C=C\C/C=C\CCCCCCCCCCCCCCCCCCCCCCCCC(=O)NC(COP(=O)([O-])OCC[N+](C)(C)C)C(O)CCCCC. The molecular weight excluding hydrogens is 792 g/mol. The molecule has 1 amide bonds. The average molecular weight is 895 g/mol. The van der Waals surface area contributed by atoms with E-state index in [2.05, 4.69) is 55.6 Å². The zero-order valence-corrected chi connectivity index (χ0v) is 42.5. The Morgan fingerprint density at radius 3 is 1.35 bits per heavy atom. The quantitative estimate of drug-likeness (QED) is 0.0273. The van der Waals surface area contributed by atoms with Crippen LogP contribution >= 0.6 is 7.82 Å². The monoisotopic (exact) mass is 895 g/mol. The lowest BCUT2D eigenvalue weighted by Crippen LogP contribution is -2.46. The highest BCUT2D eigenvalue weighted by atomic mass is 31.2. The van der Waals surface area contributed by atoms with E-state index in [-0.39, 0.29) is 19.1 Å². The van der Waals surface area contributed by atoms with Gasteiger partial charge >= 0.3 is 0 Å². The lowest BCUT2D eigenvalue weighted by Gasteiger charge is -2.30. The van der Waals surface area contributed by atoms with E-state index in [1.165, 1.54) is 167 Å². The van der Waals surface area contributed by atoms with Gasteiger partial charge in [-0.1, -0.05) is 224 Å². The Labute approximate surface area is 385 Å². The van der Waals surface area contributed by atoms with Crippen molar-refractivity contribution in [2.45, 2.75) is 257 Å². The molecule has 0 bridgehead atoms. The number of amides is 1. The molecule has 9 heteroatoms. The molecule has 0 rings (SSSR count). The summed E-state index contributed by atoms with van der Waals surface area (Å²) in [5, 5.41) is 13.6. The number of quaternary nitrogens is 1. The predicted molar refractivity (Wildman–Crippen MR) is 265 cm³/mol. The Morgan fingerprint density at radius 2 is 0.935 bits per heavy atom. The topological polar surface area (TPSA) is 108 Å². The van der Waals surface area contributed by atoms with Crippen molar-refractivity contribution in [3.05, 3.63) is 36.5 Å². The number of rotatable bonds is 48. The van der Waals surface area contributed by atoms with E-state index in [0.717, 1.165) is 51.4 Å². The maximum absolute atomic E-state index is 12.7. The summed E-state index contributed by atoms with van der Waals surface area (Å²) in [5.41, 5.74) is 0. The van der Waals surface area contributed by atoms with Crippen LogP contribution in [0.15, 0.2) is 36.5 Å². The van der Waals surface area contributed by atoms with Crippen molar-refractivity contribution < 1.29 is 32.9 Å². The molecule has 0 fully saturated rings. The molecule has 0 aliphatic rings. The third-order valence-electron chi connectivity index (χ3n) is 11.9. The highest BCUT2D eigenvalue weighted by molar-refractivity contribution is 7.45. The van der Waals surface area contributed by atoms with E-state index < -0.39 is 20.0 Å². The van der Waals surface area contributed by atoms with Crippen LogP contribution in [0.3, 0.4) is 0 Å². The smallest absolute Gasteiger partial charge is 0.268 e. The normalized spacial score (nSPS) is 14.4. The highest BCUT2D eigenvalue weighted by Crippen LogP contribution is 2.38. The van der Waals surface area contributed by atoms with Gasteiger partial charge < -0.3 is 28.8 Å². The van der Waals surface area contributed by atoms with E-state index in [9.17, 15) is 19.4 Å². The molecule has 0 aliphatic carbocycles. The lowest BCUT2D eigenvalue weighted by atomic mass is 10.0. The number of hydrogen-bond acceptors (Lipinski definition) is 6. The first-order valence-corrected chi connectivity index (χ1v) is 27.8. The standard InChI is InChI=1S/C53H103N2O6P/c1-6-8-10-11-12-13-14-15-16-17-18-19-20-21-22-23-24-25-26-27-28-29-30-31-32-33-34-35-36-37-38-39-40-41-42-43-45-47-53(57)54-51(52(56)46-44-9-7-2)50-61-62(58,59)60-49-48-55(3,4)5/h14-15,17-18,20-21,51-52,56H,6-13,16,19,22-50H2,1-5H3,(H-,54,57,58,59)/b15-14-,18-17-,21-20-. The number of unbranched alkanes of at least 4 members (excludes halogenated alkanes) is 29. The fourth-order valence-corrected chi connectivity index (χ4v) is 8.42. The van der Waals surface area contributed by atoms with Crippen molar-refractivity contribution in [1.29, 1.82) is 0 Å². The summed E-state index contributed by atoms with van der Waals surface area (Å²) < 4.78 is 23.0. The maximum Gasteiger partial charge on any atom is 0.268 e. The summed E-state index contributed by atoms with van der Waals surface area (Å²) in [7, 11) is 1.30. The molecule has 2 N–H and O–H groups in total. The van der Waals surface area contributed by atoms with Crippen LogP contribution in [-0.2, 0) is 18.4 Å². The molecule has 366 valence electrons. The minimum atomic E-state index is -4.54. The molecule has 0 saturated heterocycles. The van der Waals surface area contributed by atoms with Crippen LogP contribution in [0.2, 0.25) is 0 Å². The second-order valence-corrected chi connectivity index (χ2v) is 20.6. The van der Waals surface area contributed by atoms with Crippen molar-refractivity contribution in [1.82, 2.24) is 5.32 Å². The van der Waals surface area contributed by atoms with Crippen molar-refractivity contribution in [2.24, 2.45) is 0 Å². The van der Waals surface area contributed by atoms with Gasteiger partial charge in [-0.2, -0.15) is 0 Å². The van der Waals surface area contributed by atoms with Gasteiger partial charge in [0.15, 0.2) is 0 Å². The molecule has 0 aromatic rings. The zero-order valence-electron chi connectivity index (χ0n) is 41.6. The summed E-state index contributed by atoms with van der Waals surface area (Å²) in [6.45, 7) is 4.55. The molecule has 0 spiro atoms. The molecule has 0 saturated carbocycles. The maximum atomic E-state index is 12.7. The van der Waals surface area contributed by atoms with E-state index in [4.69, 9.17) is 9.05 Å². The fourth-order valence-electron chi connectivity index (χ4n) is 7.69. The van der Waals surface area contributed by atoms with Crippen molar-refractivity contribution in [3.63, 3.8) is 0 Å². The van der Waals surface area contributed by atoms with Crippen LogP contribution < -0.4 is 10.2 Å². The molecule has 0 aromatic heterocycles. The van der Waals surface area contributed by atoms with Crippen LogP contribution in [0, 0.1) is 0 Å². The van der Waals surface area contributed by atoms with Gasteiger partial charge in [-0.3, -0.25) is 9.36 Å².